The van der Waals surface area contributed by atoms with Gasteiger partial charge in [-0.25, -0.2) is 9.97 Å². The van der Waals surface area contributed by atoms with Crippen LogP contribution in [0.3, 0.4) is 0 Å². The van der Waals surface area contributed by atoms with E-state index in [1.807, 2.05) is 30.3 Å². The molecule has 0 saturated carbocycles. The Labute approximate surface area is 165 Å². The number of benzene rings is 3. The molecule has 0 bridgehead atoms. The molecule has 1 heterocycles. The van der Waals surface area contributed by atoms with Gasteiger partial charge in [0.25, 0.3) is 0 Å². The molecule has 0 aliphatic heterocycles. The normalized spacial score (nSPS) is 13.9. The van der Waals surface area contributed by atoms with E-state index >= 15 is 0 Å². The van der Waals surface area contributed by atoms with E-state index in [0.29, 0.717) is 0 Å². The number of hydrogen-bond donors (Lipinski definition) is 1. The molecule has 0 radical (unpaired) electrons. The molecule has 29 heavy (non-hydrogen) atoms. The van der Waals surface area contributed by atoms with E-state index in [4.69, 9.17) is 0 Å². The number of ketones is 2. The zero-order valence-electron chi connectivity index (χ0n) is 15.1. The molecule has 0 spiro atoms. The third-order valence-electron chi connectivity index (χ3n) is 5.53. The van der Waals surface area contributed by atoms with E-state index < -0.39 is 0 Å². The van der Waals surface area contributed by atoms with Crippen molar-refractivity contribution in [1.29, 1.82) is 0 Å². The number of allylic oxidation sites excluding steroid dienone is 2. The van der Waals surface area contributed by atoms with E-state index in [9.17, 15) is 9.59 Å². The van der Waals surface area contributed by atoms with Gasteiger partial charge < -0.3 is 5.32 Å². The van der Waals surface area contributed by atoms with Gasteiger partial charge in [-0.05, 0) is 33.7 Å². The maximum atomic E-state index is 12.9. The van der Waals surface area contributed by atoms with Crippen molar-refractivity contribution in [1.82, 2.24) is 9.97 Å². The van der Waals surface area contributed by atoms with Gasteiger partial charge in [-0.2, -0.15) is 0 Å². The van der Waals surface area contributed by atoms with Crippen molar-refractivity contribution in [2.75, 3.05) is 5.32 Å². The Morgan fingerprint density at radius 2 is 1.52 bits per heavy atom. The second kappa shape index (κ2) is 5.69. The second-order valence-corrected chi connectivity index (χ2v) is 7.10. The third-order valence-corrected chi connectivity index (χ3v) is 5.53. The summed E-state index contributed by atoms with van der Waals surface area (Å²) in [5, 5.41) is 5.35. The van der Waals surface area contributed by atoms with Gasteiger partial charge in [0.2, 0.25) is 11.6 Å². The molecule has 0 amide bonds. The predicted molar refractivity (Wildman–Crippen MR) is 111 cm³/mol. The fraction of sp³-hybridized carbons (Fsp3) is 0. The summed E-state index contributed by atoms with van der Waals surface area (Å²) in [7, 11) is 0. The molecular formula is C24H13N3O2. The van der Waals surface area contributed by atoms with Crippen LogP contribution in [0.4, 0.5) is 5.69 Å². The molecule has 2 aliphatic carbocycles. The molecule has 2 aliphatic rings. The highest BCUT2D eigenvalue weighted by Crippen LogP contribution is 2.48. The molecule has 5 heteroatoms. The fourth-order valence-electron chi connectivity index (χ4n) is 4.26. The van der Waals surface area contributed by atoms with Gasteiger partial charge in [-0.1, -0.05) is 48.5 Å². The molecule has 136 valence electrons. The van der Waals surface area contributed by atoms with Crippen LogP contribution in [-0.4, -0.2) is 21.5 Å². The SMILES string of the molecule is O=C1C(Nc2ccc3c4c(cccc24)-c2ccccc2-3)=CC(=O)c2ncncc21. The van der Waals surface area contributed by atoms with Crippen LogP contribution < -0.4 is 5.32 Å². The van der Waals surface area contributed by atoms with Crippen molar-refractivity contribution in [3.63, 3.8) is 0 Å². The van der Waals surface area contributed by atoms with Crippen LogP contribution in [0.15, 0.2) is 78.9 Å². The summed E-state index contributed by atoms with van der Waals surface area (Å²) < 4.78 is 0. The Morgan fingerprint density at radius 1 is 0.759 bits per heavy atom. The first-order valence-electron chi connectivity index (χ1n) is 9.25. The van der Waals surface area contributed by atoms with Crippen LogP contribution in [0.5, 0.6) is 0 Å². The minimum atomic E-state index is -0.303. The zero-order chi connectivity index (χ0) is 19.5. The van der Waals surface area contributed by atoms with Crippen molar-refractivity contribution >= 4 is 28.0 Å². The molecule has 4 aromatic rings. The van der Waals surface area contributed by atoms with E-state index in [1.165, 1.54) is 40.9 Å². The number of hydrogen-bond acceptors (Lipinski definition) is 5. The Morgan fingerprint density at radius 3 is 2.34 bits per heavy atom. The topological polar surface area (TPSA) is 72.0 Å². The molecule has 0 saturated heterocycles. The average Bonchev–Trinajstić information content (AvgIpc) is 3.09. The van der Waals surface area contributed by atoms with E-state index in [-0.39, 0.29) is 28.5 Å². The molecule has 5 nitrogen and oxygen atoms in total. The summed E-state index contributed by atoms with van der Waals surface area (Å²) in [5.41, 5.74) is 6.15. The lowest BCUT2D eigenvalue weighted by Gasteiger charge is -2.17. The molecule has 1 N–H and O–H groups in total. The molecule has 1 aromatic heterocycles. The van der Waals surface area contributed by atoms with Crippen molar-refractivity contribution in [2.24, 2.45) is 0 Å². The van der Waals surface area contributed by atoms with Crippen LogP contribution in [-0.2, 0) is 0 Å². The smallest absolute Gasteiger partial charge is 0.213 e. The number of anilines is 1. The standard InChI is InChI=1S/C24H13N3O2/c28-21-10-20(24(29)18-11-25-12-26-23(18)21)27-19-9-8-16-14-5-2-1-4-13(14)15-6-3-7-17(19)22(15)16/h1-12,27H. The van der Waals surface area contributed by atoms with Gasteiger partial charge in [-0.3, -0.25) is 9.59 Å². The first-order valence-corrected chi connectivity index (χ1v) is 9.25. The lowest BCUT2D eigenvalue weighted by atomic mass is 9.97. The van der Waals surface area contributed by atoms with Gasteiger partial charge in [0.15, 0.2) is 0 Å². The molecule has 0 atom stereocenters. The molecule has 6 rings (SSSR count). The highest BCUT2D eigenvalue weighted by molar-refractivity contribution is 6.25. The van der Waals surface area contributed by atoms with Crippen molar-refractivity contribution in [2.45, 2.75) is 0 Å². The van der Waals surface area contributed by atoms with Crippen LogP contribution in [0.25, 0.3) is 33.0 Å². The van der Waals surface area contributed by atoms with Gasteiger partial charge >= 0.3 is 0 Å². The summed E-state index contributed by atoms with van der Waals surface area (Å²) in [6.07, 6.45) is 3.98. The Hall–Kier alpha value is -4.12. The summed E-state index contributed by atoms with van der Waals surface area (Å²) >= 11 is 0. The van der Waals surface area contributed by atoms with Crippen molar-refractivity contribution in [3.05, 3.63) is 90.2 Å². The first kappa shape index (κ1) is 15.9. The number of rotatable bonds is 2. The number of aromatic nitrogens is 2. The number of nitrogens with one attached hydrogen (secondary N) is 1. The summed E-state index contributed by atoms with van der Waals surface area (Å²) in [6, 6.07) is 18.5. The quantitative estimate of drug-likeness (QED) is 0.486. The van der Waals surface area contributed by atoms with Crippen LogP contribution >= 0.6 is 0 Å². The predicted octanol–water partition coefficient (Wildman–Crippen LogP) is 4.65. The highest BCUT2D eigenvalue weighted by atomic mass is 16.1. The van der Waals surface area contributed by atoms with Crippen LogP contribution in [0.1, 0.15) is 20.8 Å². The maximum absolute atomic E-state index is 12.9. The van der Waals surface area contributed by atoms with Gasteiger partial charge in [0.05, 0.1) is 11.3 Å². The second-order valence-electron chi connectivity index (χ2n) is 7.10. The summed E-state index contributed by atoms with van der Waals surface area (Å²) in [5.74, 6) is -0.588. The monoisotopic (exact) mass is 375 g/mol. The highest BCUT2D eigenvalue weighted by Gasteiger charge is 2.28. The molecule has 3 aromatic carbocycles. The van der Waals surface area contributed by atoms with E-state index in [2.05, 4.69) is 39.6 Å². The largest absolute Gasteiger partial charge is 0.352 e. The number of fused-ring (bicyclic) bond motifs is 4. The molecule has 0 unspecified atom stereocenters. The molecule has 0 fully saturated rings. The van der Waals surface area contributed by atoms with Gasteiger partial charge in [0, 0.05) is 23.3 Å². The van der Waals surface area contributed by atoms with Crippen molar-refractivity contribution < 1.29 is 9.59 Å². The average molecular weight is 375 g/mol. The van der Waals surface area contributed by atoms with Crippen LogP contribution in [0, 0.1) is 0 Å². The van der Waals surface area contributed by atoms with E-state index in [0.717, 1.165) is 16.5 Å². The maximum Gasteiger partial charge on any atom is 0.213 e. The minimum absolute atomic E-state index is 0.145. The minimum Gasteiger partial charge on any atom is -0.352 e. The number of Topliss-reactive ketones (excluding diaryl/α,β-unsaturated/α-hetero) is 1. The van der Waals surface area contributed by atoms with E-state index in [1.54, 1.807) is 0 Å². The number of nitrogens with zero attached hydrogens (tertiary/aromatic N) is 2. The lowest BCUT2D eigenvalue weighted by Crippen LogP contribution is -2.23. The van der Waals surface area contributed by atoms with Gasteiger partial charge in [0.1, 0.15) is 12.0 Å². The Bertz CT molecular complexity index is 1390. The fourth-order valence-corrected chi connectivity index (χ4v) is 4.26. The summed E-state index contributed by atoms with van der Waals surface area (Å²) in [6.45, 7) is 0. The number of carbonyl (C=O) groups excluding carboxylic acids is 2. The Balaban J connectivity index is 1.49. The van der Waals surface area contributed by atoms with Crippen LogP contribution in [0.2, 0.25) is 0 Å². The molecular weight excluding hydrogens is 362 g/mol. The van der Waals surface area contributed by atoms with Gasteiger partial charge in [-0.15, -0.1) is 0 Å². The number of carbonyl (C=O) groups is 2. The Kier molecular flexibility index (Phi) is 3.12. The first-order chi connectivity index (χ1) is 14.2. The summed E-state index contributed by atoms with van der Waals surface area (Å²) in [4.78, 5) is 33.1. The lowest BCUT2D eigenvalue weighted by molar-refractivity contribution is 0.0981. The zero-order valence-corrected chi connectivity index (χ0v) is 15.1. The van der Waals surface area contributed by atoms with Crippen molar-refractivity contribution in [3.8, 4) is 22.3 Å². The third kappa shape index (κ3) is 2.15.